The fourth-order valence-electron chi connectivity index (χ4n) is 2.77. The van der Waals surface area contributed by atoms with Crippen molar-refractivity contribution in [2.24, 2.45) is 0 Å². The molecule has 0 aliphatic carbocycles. The minimum absolute atomic E-state index is 0.0311. The number of rotatable bonds is 4. The van der Waals surface area contributed by atoms with Gasteiger partial charge in [-0.2, -0.15) is 0 Å². The second kappa shape index (κ2) is 7.24. The largest absolute Gasteiger partial charge is 0.462 e. The lowest BCUT2D eigenvalue weighted by Crippen LogP contribution is -2.20. The van der Waals surface area contributed by atoms with E-state index in [2.05, 4.69) is 9.97 Å². The summed E-state index contributed by atoms with van der Waals surface area (Å²) in [6.45, 7) is 3.49. The number of hydrogen-bond acceptors (Lipinski definition) is 6. The summed E-state index contributed by atoms with van der Waals surface area (Å²) in [7, 11) is 0. The maximum absolute atomic E-state index is 12.7. The highest BCUT2D eigenvalue weighted by Crippen LogP contribution is 2.26. The number of benzene rings is 1. The molecule has 0 spiro atoms. The Morgan fingerprint density at radius 1 is 0.926 bits per heavy atom. The molecule has 0 unspecified atom stereocenters. The van der Waals surface area contributed by atoms with Crippen LogP contribution in [0, 0.1) is 0 Å². The molecule has 2 aromatic heterocycles. The van der Waals surface area contributed by atoms with E-state index in [4.69, 9.17) is 21.1 Å². The Morgan fingerprint density at radius 3 is 2.00 bits per heavy atom. The molecule has 0 aliphatic heterocycles. The van der Waals surface area contributed by atoms with Crippen LogP contribution in [0.1, 0.15) is 34.6 Å². The molecule has 0 radical (unpaired) electrons. The van der Waals surface area contributed by atoms with E-state index in [1.807, 2.05) is 0 Å². The molecule has 8 nitrogen and oxygen atoms in total. The molecule has 140 valence electrons. The van der Waals surface area contributed by atoms with E-state index in [1.165, 1.54) is 18.5 Å². The Morgan fingerprint density at radius 2 is 1.44 bits per heavy atom. The van der Waals surface area contributed by atoms with Crippen molar-refractivity contribution in [1.82, 2.24) is 9.97 Å². The fourth-order valence-corrected chi connectivity index (χ4v) is 3.06. The zero-order valence-corrected chi connectivity index (χ0v) is 15.2. The summed E-state index contributed by atoms with van der Waals surface area (Å²) in [5.74, 6) is -1.54. The maximum atomic E-state index is 12.7. The SMILES string of the molecule is CCOC(=O)c1c[nH]c2c(cc(Cl)c3c(=O)c(C(=O)OCC)c[nH]c32)c1=O. The van der Waals surface area contributed by atoms with Gasteiger partial charge >= 0.3 is 11.9 Å². The average Bonchev–Trinajstić information content (AvgIpc) is 2.63. The van der Waals surface area contributed by atoms with Crippen molar-refractivity contribution < 1.29 is 19.1 Å². The Balaban J connectivity index is 2.33. The van der Waals surface area contributed by atoms with E-state index in [1.54, 1.807) is 13.8 Å². The lowest BCUT2D eigenvalue weighted by Gasteiger charge is -2.09. The van der Waals surface area contributed by atoms with Crippen molar-refractivity contribution in [3.8, 4) is 0 Å². The quantitative estimate of drug-likeness (QED) is 0.521. The topological polar surface area (TPSA) is 118 Å². The van der Waals surface area contributed by atoms with Crippen molar-refractivity contribution >= 4 is 45.3 Å². The first-order valence-corrected chi connectivity index (χ1v) is 8.52. The summed E-state index contributed by atoms with van der Waals surface area (Å²) in [6.07, 6.45) is 2.42. The smallest absolute Gasteiger partial charge is 0.343 e. The summed E-state index contributed by atoms with van der Waals surface area (Å²) in [5, 5.41) is 0.114. The Kier molecular flexibility index (Phi) is 5.00. The van der Waals surface area contributed by atoms with Crippen molar-refractivity contribution in [2.45, 2.75) is 13.8 Å². The fraction of sp³-hybridized carbons (Fsp3) is 0.222. The number of ether oxygens (including phenoxy) is 2. The van der Waals surface area contributed by atoms with Crippen LogP contribution < -0.4 is 10.9 Å². The van der Waals surface area contributed by atoms with Crippen molar-refractivity contribution in [2.75, 3.05) is 13.2 Å². The Hall–Kier alpha value is -3.13. The normalized spacial score (nSPS) is 10.9. The summed E-state index contributed by atoms with van der Waals surface area (Å²) in [5.41, 5.74) is -1.06. The molecule has 0 amide bonds. The Labute approximate surface area is 157 Å². The van der Waals surface area contributed by atoms with Gasteiger partial charge in [0.15, 0.2) is 0 Å². The third-order valence-electron chi connectivity index (χ3n) is 3.95. The van der Waals surface area contributed by atoms with Crippen LogP contribution in [0.3, 0.4) is 0 Å². The van der Waals surface area contributed by atoms with Crippen LogP contribution in [-0.2, 0) is 9.47 Å². The van der Waals surface area contributed by atoms with Crippen molar-refractivity contribution in [1.29, 1.82) is 0 Å². The zero-order valence-electron chi connectivity index (χ0n) is 14.5. The molecule has 0 saturated carbocycles. The van der Waals surface area contributed by atoms with Crippen LogP contribution in [-0.4, -0.2) is 35.1 Å². The van der Waals surface area contributed by atoms with E-state index in [0.29, 0.717) is 0 Å². The van der Waals surface area contributed by atoms with E-state index >= 15 is 0 Å². The monoisotopic (exact) mass is 390 g/mol. The third kappa shape index (κ3) is 3.08. The van der Waals surface area contributed by atoms with Gasteiger partial charge in [-0.1, -0.05) is 11.6 Å². The lowest BCUT2D eigenvalue weighted by atomic mass is 10.1. The van der Waals surface area contributed by atoms with Gasteiger partial charge < -0.3 is 19.4 Å². The summed E-state index contributed by atoms with van der Waals surface area (Å²) in [6, 6.07) is 1.28. The number of aromatic amines is 2. The van der Waals surface area contributed by atoms with Crippen LogP contribution in [0.5, 0.6) is 0 Å². The average molecular weight is 391 g/mol. The molecule has 0 saturated heterocycles. The summed E-state index contributed by atoms with van der Waals surface area (Å²) >= 11 is 6.22. The number of aromatic nitrogens is 2. The molecule has 2 N–H and O–H groups in total. The van der Waals surface area contributed by atoms with Gasteiger partial charge in [-0.15, -0.1) is 0 Å². The van der Waals surface area contributed by atoms with Gasteiger partial charge in [-0.3, -0.25) is 9.59 Å². The highest BCUT2D eigenvalue weighted by molar-refractivity contribution is 6.37. The number of nitrogens with one attached hydrogen (secondary N) is 2. The second-order valence-electron chi connectivity index (χ2n) is 5.53. The predicted molar refractivity (Wildman–Crippen MR) is 99.6 cm³/mol. The second-order valence-corrected chi connectivity index (χ2v) is 5.94. The van der Waals surface area contributed by atoms with Gasteiger partial charge in [-0.25, -0.2) is 9.59 Å². The number of fused-ring (bicyclic) bond motifs is 3. The standard InChI is InChI=1S/C18H15ClN2O6/c1-3-26-17(24)9-6-20-13-8(15(9)22)5-11(19)12-14(13)21-7-10(16(12)23)18(25)27-4-2/h5-7H,3-4H2,1-2H3,(H,20,22)(H,21,23). The lowest BCUT2D eigenvalue weighted by molar-refractivity contribution is 0.0515. The first kappa shape index (κ1) is 18.7. The molecule has 3 aromatic rings. The van der Waals surface area contributed by atoms with Gasteiger partial charge in [0.2, 0.25) is 10.9 Å². The highest BCUT2D eigenvalue weighted by Gasteiger charge is 2.20. The van der Waals surface area contributed by atoms with Crippen LogP contribution in [0.15, 0.2) is 28.0 Å². The third-order valence-corrected chi connectivity index (χ3v) is 4.25. The number of H-pyrrole nitrogens is 2. The number of halogens is 1. The molecular weight excluding hydrogens is 376 g/mol. The van der Waals surface area contributed by atoms with Gasteiger partial charge in [0.1, 0.15) is 11.1 Å². The van der Waals surface area contributed by atoms with E-state index in [-0.39, 0.29) is 51.2 Å². The van der Waals surface area contributed by atoms with Crippen molar-refractivity contribution in [3.05, 3.63) is 55.1 Å². The summed E-state index contributed by atoms with van der Waals surface area (Å²) < 4.78 is 9.72. The van der Waals surface area contributed by atoms with Gasteiger partial charge in [0.25, 0.3) is 0 Å². The highest BCUT2D eigenvalue weighted by atomic mass is 35.5. The minimum Gasteiger partial charge on any atom is -0.462 e. The number of esters is 2. The van der Waals surface area contributed by atoms with E-state index < -0.39 is 22.8 Å². The van der Waals surface area contributed by atoms with Gasteiger partial charge in [0.05, 0.1) is 40.0 Å². The van der Waals surface area contributed by atoms with Crippen LogP contribution >= 0.6 is 11.6 Å². The molecule has 0 atom stereocenters. The molecule has 0 bridgehead atoms. The molecular formula is C18H15ClN2O6. The molecule has 27 heavy (non-hydrogen) atoms. The first-order valence-electron chi connectivity index (χ1n) is 8.14. The number of hydrogen-bond donors (Lipinski definition) is 2. The number of pyridine rings is 2. The molecule has 0 aliphatic rings. The first-order chi connectivity index (χ1) is 12.9. The molecule has 3 rings (SSSR count). The zero-order chi connectivity index (χ0) is 19.7. The van der Waals surface area contributed by atoms with E-state index in [9.17, 15) is 19.2 Å². The number of carbonyl (C=O) groups is 2. The van der Waals surface area contributed by atoms with Crippen LogP contribution in [0.25, 0.3) is 21.8 Å². The van der Waals surface area contributed by atoms with Gasteiger partial charge in [0, 0.05) is 12.4 Å². The van der Waals surface area contributed by atoms with Crippen LogP contribution in [0.2, 0.25) is 5.02 Å². The summed E-state index contributed by atoms with van der Waals surface area (Å²) in [4.78, 5) is 54.8. The molecule has 1 aromatic carbocycles. The molecule has 2 heterocycles. The van der Waals surface area contributed by atoms with E-state index in [0.717, 1.165) is 0 Å². The Bertz CT molecular complexity index is 1190. The molecule has 9 heteroatoms. The number of carbonyl (C=O) groups excluding carboxylic acids is 2. The predicted octanol–water partition coefficient (Wildman–Crippen LogP) is 2.38. The van der Waals surface area contributed by atoms with Crippen molar-refractivity contribution in [3.63, 3.8) is 0 Å². The minimum atomic E-state index is -0.775. The van der Waals surface area contributed by atoms with Crippen LogP contribution in [0.4, 0.5) is 0 Å². The van der Waals surface area contributed by atoms with Gasteiger partial charge in [-0.05, 0) is 19.9 Å². The maximum Gasteiger partial charge on any atom is 0.343 e. The molecule has 0 fully saturated rings.